The van der Waals surface area contributed by atoms with E-state index >= 15 is 0 Å². The molecule has 2 aliphatic rings. The normalized spacial score (nSPS) is 25.2. The summed E-state index contributed by atoms with van der Waals surface area (Å²) in [4.78, 5) is 7.57. The lowest BCUT2D eigenvalue weighted by atomic mass is 9.58. The third-order valence-corrected chi connectivity index (χ3v) is 6.90. The summed E-state index contributed by atoms with van der Waals surface area (Å²) < 4.78 is 0. The number of nitrogen functional groups attached to an aromatic ring is 1. The molecule has 5 rings (SSSR count). The molecule has 1 fully saturated rings. The Hall–Kier alpha value is -2.39. The van der Waals surface area contributed by atoms with E-state index in [0.717, 1.165) is 42.5 Å². The van der Waals surface area contributed by atoms with Crippen LogP contribution in [0.5, 0.6) is 0 Å². The number of nitrogens with two attached hydrogens (primary N) is 1. The van der Waals surface area contributed by atoms with E-state index in [0.29, 0.717) is 5.92 Å². The number of para-hydroxylation sites is 1. The van der Waals surface area contributed by atoms with Crippen molar-refractivity contribution >= 4 is 16.6 Å². The minimum Gasteiger partial charge on any atom is -0.398 e. The molecule has 3 nitrogen and oxygen atoms in total. The van der Waals surface area contributed by atoms with Gasteiger partial charge >= 0.3 is 0 Å². The van der Waals surface area contributed by atoms with Crippen LogP contribution >= 0.6 is 0 Å². The van der Waals surface area contributed by atoms with E-state index in [4.69, 9.17) is 10.7 Å². The SMILES string of the molecule is Cc1cccc([C@]23CCN(C)C[C@@H]2Cc2c(nc4ccccc4c2N)C3)c1. The lowest BCUT2D eigenvalue weighted by Gasteiger charge is -2.51. The van der Waals surface area contributed by atoms with E-state index in [9.17, 15) is 0 Å². The summed E-state index contributed by atoms with van der Waals surface area (Å²) in [5.74, 6) is 0.579. The first-order chi connectivity index (χ1) is 13.1. The van der Waals surface area contributed by atoms with Crippen LogP contribution in [0.1, 0.15) is 28.8 Å². The van der Waals surface area contributed by atoms with Crippen LogP contribution < -0.4 is 5.73 Å². The van der Waals surface area contributed by atoms with E-state index in [-0.39, 0.29) is 5.41 Å². The van der Waals surface area contributed by atoms with Crippen molar-refractivity contribution in [3.05, 3.63) is 70.9 Å². The molecule has 27 heavy (non-hydrogen) atoms. The van der Waals surface area contributed by atoms with Crippen molar-refractivity contribution in [1.29, 1.82) is 0 Å². The predicted octanol–water partition coefficient (Wildman–Crippen LogP) is 4.11. The number of hydrogen-bond donors (Lipinski definition) is 1. The van der Waals surface area contributed by atoms with Gasteiger partial charge in [-0.1, -0.05) is 48.0 Å². The molecule has 1 saturated heterocycles. The summed E-state index contributed by atoms with van der Waals surface area (Å²) in [6, 6.07) is 17.4. The summed E-state index contributed by atoms with van der Waals surface area (Å²) in [6.45, 7) is 4.47. The minimum atomic E-state index is 0.174. The van der Waals surface area contributed by atoms with Gasteiger partial charge in [-0.25, -0.2) is 0 Å². The number of likely N-dealkylation sites (tertiary alicyclic amines) is 1. The Balaban J connectivity index is 1.70. The Morgan fingerprint density at radius 1 is 1.15 bits per heavy atom. The highest BCUT2D eigenvalue weighted by Gasteiger charge is 2.47. The Morgan fingerprint density at radius 3 is 2.85 bits per heavy atom. The molecular weight excluding hydrogens is 330 g/mol. The average Bonchev–Trinajstić information content (AvgIpc) is 2.67. The van der Waals surface area contributed by atoms with Gasteiger partial charge in [0.2, 0.25) is 0 Å². The molecular formula is C24H27N3. The van der Waals surface area contributed by atoms with Crippen LogP contribution in [-0.2, 0) is 18.3 Å². The van der Waals surface area contributed by atoms with Gasteiger partial charge in [-0.3, -0.25) is 4.98 Å². The van der Waals surface area contributed by atoms with Crippen LogP contribution in [0.2, 0.25) is 0 Å². The highest BCUT2D eigenvalue weighted by molar-refractivity contribution is 5.92. The molecule has 138 valence electrons. The molecule has 2 atom stereocenters. The number of pyridine rings is 1. The molecule has 2 heterocycles. The third-order valence-electron chi connectivity index (χ3n) is 6.90. The number of aromatic nitrogens is 1. The van der Waals surface area contributed by atoms with Crippen LogP contribution in [0.15, 0.2) is 48.5 Å². The highest BCUT2D eigenvalue weighted by Crippen LogP contribution is 2.49. The molecule has 1 aromatic heterocycles. The smallest absolute Gasteiger partial charge is 0.0726 e. The van der Waals surface area contributed by atoms with Crippen molar-refractivity contribution in [2.75, 3.05) is 25.9 Å². The van der Waals surface area contributed by atoms with Gasteiger partial charge in [0.05, 0.1) is 5.52 Å². The fourth-order valence-electron chi connectivity index (χ4n) is 5.42. The van der Waals surface area contributed by atoms with Crippen LogP contribution in [-0.4, -0.2) is 30.0 Å². The number of piperidine rings is 1. The van der Waals surface area contributed by atoms with E-state index in [2.05, 4.69) is 67.4 Å². The highest BCUT2D eigenvalue weighted by atomic mass is 15.1. The van der Waals surface area contributed by atoms with Gasteiger partial charge in [-0.2, -0.15) is 0 Å². The minimum absolute atomic E-state index is 0.174. The second kappa shape index (κ2) is 6.07. The fourth-order valence-corrected chi connectivity index (χ4v) is 5.42. The first-order valence-electron chi connectivity index (χ1n) is 9.98. The number of anilines is 1. The Bertz CT molecular complexity index is 1030. The van der Waals surface area contributed by atoms with E-state index in [1.54, 1.807) is 0 Å². The first kappa shape index (κ1) is 16.8. The fraction of sp³-hybridized carbons (Fsp3) is 0.375. The summed E-state index contributed by atoms with van der Waals surface area (Å²) in [5.41, 5.74) is 14.1. The maximum absolute atomic E-state index is 6.65. The molecule has 2 aromatic carbocycles. The molecule has 2 N–H and O–H groups in total. The lowest BCUT2D eigenvalue weighted by molar-refractivity contribution is 0.0990. The molecule has 0 spiro atoms. The Labute approximate surface area is 161 Å². The van der Waals surface area contributed by atoms with Gasteiger partial charge in [-0.15, -0.1) is 0 Å². The molecule has 3 heteroatoms. The molecule has 0 bridgehead atoms. The molecule has 1 aliphatic carbocycles. The van der Waals surface area contributed by atoms with Crippen LogP contribution in [0.3, 0.4) is 0 Å². The average molecular weight is 358 g/mol. The number of hydrogen-bond acceptors (Lipinski definition) is 3. The van der Waals surface area contributed by atoms with Gasteiger partial charge in [-0.05, 0) is 56.5 Å². The van der Waals surface area contributed by atoms with Gasteiger partial charge in [0.1, 0.15) is 0 Å². The van der Waals surface area contributed by atoms with Crippen molar-refractivity contribution in [3.63, 3.8) is 0 Å². The van der Waals surface area contributed by atoms with Gasteiger partial charge < -0.3 is 10.6 Å². The van der Waals surface area contributed by atoms with Gasteiger partial charge in [0.25, 0.3) is 0 Å². The topological polar surface area (TPSA) is 42.2 Å². The largest absolute Gasteiger partial charge is 0.398 e. The van der Waals surface area contributed by atoms with Crippen molar-refractivity contribution < 1.29 is 0 Å². The summed E-state index contributed by atoms with van der Waals surface area (Å²) in [7, 11) is 2.25. The maximum Gasteiger partial charge on any atom is 0.0726 e. The van der Waals surface area contributed by atoms with Crippen molar-refractivity contribution in [1.82, 2.24) is 9.88 Å². The molecule has 0 radical (unpaired) electrons. The van der Waals surface area contributed by atoms with Gasteiger partial charge in [0.15, 0.2) is 0 Å². The van der Waals surface area contributed by atoms with Crippen LogP contribution in [0, 0.1) is 12.8 Å². The molecule has 0 saturated carbocycles. The number of nitrogens with zero attached hydrogens (tertiary/aromatic N) is 2. The summed E-state index contributed by atoms with van der Waals surface area (Å²) in [6.07, 6.45) is 3.21. The molecule has 0 amide bonds. The lowest BCUT2D eigenvalue weighted by Crippen LogP contribution is -2.53. The molecule has 1 aliphatic heterocycles. The van der Waals surface area contributed by atoms with Gasteiger partial charge in [0, 0.05) is 35.1 Å². The maximum atomic E-state index is 6.65. The van der Waals surface area contributed by atoms with Crippen LogP contribution in [0.4, 0.5) is 5.69 Å². The van der Waals surface area contributed by atoms with E-state index in [1.807, 2.05) is 0 Å². The number of benzene rings is 2. The number of aryl methyl sites for hydroxylation is 1. The first-order valence-corrected chi connectivity index (χ1v) is 9.98. The molecule has 3 aromatic rings. The number of rotatable bonds is 1. The quantitative estimate of drug-likeness (QED) is 0.712. The van der Waals surface area contributed by atoms with E-state index < -0.39 is 0 Å². The zero-order valence-electron chi connectivity index (χ0n) is 16.2. The van der Waals surface area contributed by atoms with Crippen molar-refractivity contribution in [2.24, 2.45) is 5.92 Å². The summed E-state index contributed by atoms with van der Waals surface area (Å²) in [5, 5.41) is 1.10. The zero-order chi connectivity index (χ0) is 18.6. The second-order valence-electron chi connectivity index (χ2n) is 8.58. The summed E-state index contributed by atoms with van der Waals surface area (Å²) >= 11 is 0. The van der Waals surface area contributed by atoms with E-state index in [1.165, 1.54) is 28.8 Å². The third kappa shape index (κ3) is 2.56. The number of fused-ring (bicyclic) bond motifs is 3. The zero-order valence-corrected chi connectivity index (χ0v) is 16.2. The van der Waals surface area contributed by atoms with Crippen LogP contribution in [0.25, 0.3) is 10.9 Å². The van der Waals surface area contributed by atoms with Crippen molar-refractivity contribution in [2.45, 2.75) is 31.6 Å². The second-order valence-corrected chi connectivity index (χ2v) is 8.58. The standard InChI is InChI=1S/C24H27N3/c1-16-6-5-7-17(12-16)24-10-11-27(2)15-18(24)13-20-22(14-24)26-21-9-4-3-8-19(21)23(20)25/h3-9,12,18H,10-11,13-15H2,1-2H3,(H2,25,26)/t18-,24+/m0/s1. The van der Waals surface area contributed by atoms with Crippen molar-refractivity contribution in [3.8, 4) is 0 Å². The Morgan fingerprint density at radius 2 is 2.00 bits per heavy atom. The Kier molecular flexibility index (Phi) is 3.76. The molecule has 0 unspecified atom stereocenters. The monoisotopic (exact) mass is 357 g/mol. The predicted molar refractivity (Wildman–Crippen MR) is 112 cm³/mol.